The number of hydrogen-bond donors (Lipinski definition) is 0. The first-order valence-corrected chi connectivity index (χ1v) is 5.14. The van der Waals surface area contributed by atoms with Gasteiger partial charge in [-0.05, 0) is 24.1 Å². The Morgan fingerprint density at radius 2 is 1.80 bits per heavy atom. The van der Waals surface area contributed by atoms with E-state index in [9.17, 15) is 0 Å². The molecule has 1 aromatic heterocycles. The summed E-state index contributed by atoms with van der Waals surface area (Å²) in [7, 11) is 0. The Hall–Kier alpha value is -1.41. The van der Waals surface area contributed by atoms with Crippen LogP contribution in [-0.4, -0.2) is 9.97 Å². The summed E-state index contributed by atoms with van der Waals surface area (Å²) in [4.78, 5) is 8.49. The lowest BCUT2D eigenvalue weighted by atomic mass is 10.1. The molecule has 0 aliphatic heterocycles. The average Bonchev–Trinajstić information content (AvgIpc) is 2.25. The molecule has 0 amide bonds. The van der Waals surface area contributed by atoms with Gasteiger partial charge in [-0.3, -0.25) is 0 Å². The lowest BCUT2D eigenvalue weighted by Crippen LogP contribution is -1.96. The molecule has 1 heterocycles. The van der Waals surface area contributed by atoms with Crippen LogP contribution in [0.5, 0.6) is 0 Å². The van der Waals surface area contributed by atoms with E-state index in [0.29, 0.717) is 6.42 Å². The van der Waals surface area contributed by atoms with Gasteiger partial charge in [0.2, 0.25) is 0 Å². The Labute approximate surface area is 94.0 Å². The van der Waals surface area contributed by atoms with E-state index in [0.717, 1.165) is 22.0 Å². The number of halogens is 1. The molecular formula is C12H11ClN2. The Kier molecular flexibility index (Phi) is 2.97. The second-order valence-electron chi connectivity index (χ2n) is 3.44. The predicted octanol–water partition coefficient (Wildman–Crippen LogP) is 3.03. The zero-order chi connectivity index (χ0) is 10.7. The third kappa shape index (κ3) is 2.54. The van der Waals surface area contributed by atoms with Crippen LogP contribution in [0.15, 0.2) is 36.7 Å². The normalized spacial score (nSPS) is 10.3. The molecule has 0 fully saturated rings. The van der Waals surface area contributed by atoms with Gasteiger partial charge in [0.15, 0.2) is 0 Å². The fraction of sp³-hybridized carbons (Fsp3) is 0.167. The van der Waals surface area contributed by atoms with Crippen LogP contribution in [0.1, 0.15) is 17.0 Å². The van der Waals surface area contributed by atoms with Crippen molar-refractivity contribution in [1.82, 2.24) is 9.97 Å². The standard InChI is InChI=1S/C12H11ClN2/c1-9-7-14-12(15-8-9)6-10-4-2-3-5-11(10)13/h2-5,7-8H,6H2,1H3. The summed E-state index contributed by atoms with van der Waals surface area (Å²) >= 11 is 6.05. The van der Waals surface area contributed by atoms with Crippen molar-refractivity contribution in [3.05, 3.63) is 58.6 Å². The van der Waals surface area contributed by atoms with E-state index in [1.54, 1.807) is 0 Å². The number of rotatable bonds is 2. The summed E-state index contributed by atoms with van der Waals surface area (Å²) < 4.78 is 0. The zero-order valence-corrected chi connectivity index (χ0v) is 9.20. The minimum absolute atomic E-state index is 0.681. The Morgan fingerprint density at radius 1 is 1.13 bits per heavy atom. The SMILES string of the molecule is Cc1cnc(Cc2ccccc2Cl)nc1. The maximum atomic E-state index is 6.05. The number of aromatic nitrogens is 2. The smallest absolute Gasteiger partial charge is 0.132 e. The van der Waals surface area contributed by atoms with Gasteiger partial charge in [0, 0.05) is 23.8 Å². The van der Waals surface area contributed by atoms with Gasteiger partial charge in [0.25, 0.3) is 0 Å². The predicted molar refractivity (Wildman–Crippen MR) is 61.0 cm³/mol. The first kappa shape index (κ1) is 10.1. The minimum Gasteiger partial charge on any atom is -0.241 e. The molecule has 0 saturated carbocycles. The third-order valence-corrected chi connectivity index (χ3v) is 2.51. The number of nitrogens with zero attached hydrogens (tertiary/aromatic N) is 2. The van der Waals surface area contributed by atoms with Crippen molar-refractivity contribution in [2.45, 2.75) is 13.3 Å². The van der Waals surface area contributed by atoms with Crippen LogP contribution < -0.4 is 0 Å². The second-order valence-corrected chi connectivity index (χ2v) is 3.85. The van der Waals surface area contributed by atoms with Gasteiger partial charge >= 0.3 is 0 Å². The number of benzene rings is 1. The van der Waals surface area contributed by atoms with Gasteiger partial charge in [0.1, 0.15) is 5.82 Å². The summed E-state index contributed by atoms with van der Waals surface area (Å²) in [5, 5.41) is 0.765. The van der Waals surface area contributed by atoms with E-state index in [-0.39, 0.29) is 0 Å². The van der Waals surface area contributed by atoms with E-state index in [1.807, 2.05) is 43.6 Å². The highest BCUT2D eigenvalue weighted by Gasteiger charge is 2.02. The van der Waals surface area contributed by atoms with Crippen molar-refractivity contribution in [3.8, 4) is 0 Å². The molecule has 76 valence electrons. The zero-order valence-electron chi connectivity index (χ0n) is 8.44. The molecule has 0 unspecified atom stereocenters. The van der Waals surface area contributed by atoms with Crippen molar-refractivity contribution >= 4 is 11.6 Å². The molecule has 0 atom stereocenters. The van der Waals surface area contributed by atoms with Gasteiger partial charge in [-0.2, -0.15) is 0 Å². The van der Waals surface area contributed by atoms with Crippen molar-refractivity contribution in [2.75, 3.05) is 0 Å². The van der Waals surface area contributed by atoms with Gasteiger partial charge in [-0.1, -0.05) is 29.8 Å². The lowest BCUT2D eigenvalue weighted by molar-refractivity contribution is 0.956. The van der Waals surface area contributed by atoms with E-state index in [2.05, 4.69) is 9.97 Å². The topological polar surface area (TPSA) is 25.8 Å². The molecule has 2 rings (SSSR count). The molecule has 0 radical (unpaired) electrons. The number of aryl methyl sites for hydroxylation is 1. The van der Waals surface area contributed by atoms with Crippen LogP contribution >= 0.6 is 11.6 Å². The quantitative estimate of drug-likeness (QED) is 0.775. The third-order valence-electron chi connectivity index (χ3n) is 2.14. The van der Waals surface area contributed by atoms with Crippen molar-refractivity contribution < 1.29 is 0 Å². The molecule has 15 heavy (non-hydrogen) atoms. The summed E-state index contributed by atoms with van der Waals surface area (Å²) in [5.41, 5.74) is 2.13. The van der Waals surface area contributed by atoms with Crippen molar-refractivity contribution in [2.24, 2.45) is 0 Å². The Balaban J connectivity index is 2.22. The minimum atomic E-state index is 0.681. The first-order valence-electron chi connectivity index (χ1n) is 4.76. The summed E-state index contributed by atoms with van der Waals surface area (Å²) in [6.45, 7) is 1.97. The molecule has 2 aromatic rings. The monoisotopic (exact) mass is 218 g/mol. The molecule has 2 nitrogen and oxygen atoms in total. The maximum absolute atomic E-state index is 6.05. The number of hydrogen-bond acceptors (Lipinski definition) is 2. The Morgan fingerprint density at radius 3 is 2.47 bits per heavy atom. The molecule has 0 N–H and O–H groups in total. The van der Waals surface area contributed by atoms with E-state index in [4.69, 9.17) is 11.6 Å². The van der Waals surface area contributed by atoms with Gasteiger partial charge in [-0.15, -0.1) is 0 Å². The summed E-state index contributed by atoms with van der Waals surface area (Å²) in [6, 6.07) is 7.76. The molecule has 0 aliphatic carbocycles. The van der Waals surface area contributed by atoms with Crippen LogP contribution in [0.25, 0.3) is 0 Å². The fourth-order valence-corrected chi connectivity index (χ4v) is 1.53. The molecule has 0 aliphatic rings. The highest BCUT2D eigenvalue weighted by atomic mass is 35.5. The molecule has 0 spiro atoms. The van der Waals surface area contributed by atoms with Crippen molar-refractivity contribution in [3.63, 3.8) is 0 Å². The van der Waals surface area contributed by atoms with E-state index in [1.165, 1.54) is 0 Å². The maximum Gasteiger partial charge on any atom is 0.132 e. The lowest BCUT2D eigenvalue weighted by Gasteiger charge is -2.02. The van der Waals surface area contributed by atoms with Gasteiger partial charge in [-0.25, -0.2) is 9.97 Å². The summed E-state index contributed by atoms with van der Waals surface area (Å²) in [6.07, 6.45) is 4.32. The molecule has 0 bridgehead atoms. The van der Waals surface area contributed by atoms with Gasteiger partial charge in [0.05, 0.1) is 0 Å². The first-order chi connectivity index (χ1) is 7.25. The van der Waals surface area contributed by atoms with Crippen molar-refractivity contribution in [1.29, 1.82) is 0 Å². The fourth-order valence-electron chi connectivity index (χ4n) is 1.32. The van der Waals surface area contributed by atoms with Crippen LogP contribution in [0.3, 0.4) is 0 Å². The largest absolute Gasteiger partial charge is 0.241 e. The molecular weight excluding hydrogens is 208 g/mol. The second kappa shape index (κ2) is 4.41. The van der Waals surface area contributed by atoms with Crippen LogP contribution in [0, 0.1) is 6.92 Å². The van der Waals surface area contributed by atoms with E-state index < -0.39 is 0 Å². The molecule has 1 aromatic carbocycles. The Bertz CT molecular complexity index is 451. The van der Waals surface area contributed by atoms with Crippen LogP contribution in [0.2, 0.25) is 5.02 Å². The summed E-state index contributed by atoms with van der Waals surface area (Å²) in [5.74, 6) is 0.800. The highest BCUT2D eigenvalue weighted by Crippen LogP contribution is 2.17. The van der Waals surface area contributed by atoms with Crippen LogP contribution in [0.4, 0.5) is 0 Å². The highest BCUT2D eigenvalue weighted by molar-refractivity contribution is 6.31. The van der Waals surface area contributed by atoms with Crippen LogP contribution in [-0.2, 0) is 6.42 Å². The van der Waals surface area contributed by atoms with E-state index >= 15 is 0 Å². The average molecular weight is 219 g/mol. The molecule has 0 saturated heterocycles. The molecule has 3 heteroatoms. The van der Waals surface area contributed by atoms with Gasteiger partial charge < -0.3 is 0 Å².